The van der Waals surface area contributed by atoms with Crippen LogP contribution in [0, 0.1) is 19.7 Å². The summed E-state index contributed by atoms with van der Waals surface area (Å²) in [6, 6.07) is 11.5. The van der Waals surface area contributed by atoms with Crippen LogP contribution in [0.2, 0.25) is 0 Å². The van der Waals surface area contributed by atoms with Crippen LogP contribution in [-0.4, -0.2) is 36.6 Å². The van der Waals surface area contributed by atoms with E-state index in [0.717, 1.165) is 16.8 Å². The molecule has 0 unspecified atom stereocenters. The molecule has 2 rings (SSSR count). The number of amides is 1. The first kappa shape index (κ1) is 21.8. The van der Waals surface area contributed by atoms with Crippen LogP contribution in [0.25, 0.3) is 0 Å². The molecule has 0 aliphatic carbocycles. The van der Waals surface area contributed by atoms with Crippen LogP contribution in [0.4, 0.5) is 10.1 Å². The molecule has 28 heavy (non-hydrogen) atoms. The molecule has 2 aromatic carbocycles. The molecule has 0 fully saturated rings. The molecule has 0 bridgehead atoms. The minimum Gasteiger partial charge on any atom is -0.493 e. The highest BCUT2D eigenvalue weighted by atomic mass is 32.2. The van der Waals surface area contributed by atoms with Crippen LogP contribution in [0.15, 0.2) is 42.5 Å². The first-order valence-electron chi connectivity index (χ1n) is 8.93. The fraction of sp³-hybridized carbons (Fsp3) is 0.333. The number of esters is 1. The van der Waals surface area contributed by atoms with Crippen molar-refractivity contribution in [3.05, 3.63) is 59.4 Å². The maximum absolute atomic E-state index is 12.8. The Labute approximate surface area is 168 Å². The van der Waals surface area contributed by atoms with E-state index in [2.05, 4.69) is 5.32 Å². The highest BCUT2D eigenvalue weighted by Gasteiger charge is 2.08. The number of rotatable bonds is 10. The zero-order valence-electron chi connectivity index (χ0n) is 16.0. The van der Waals surface area contributed by atoms with Gasteiger partial charge < -0.3 is 14.8 Å². The average Bonchev–Trinajstić information content (AvgIpc) is 2.65. The molecule has 0 spiro atoms. The van der Waals surface area contributed by atoms with Crippen LogP contribution in [0.3, 0.4) is 0 Å². The molecular weight excluding hydrogens is 381 g/mol. The van der Waals surface area contributed by atoms with Crippen LogP contribution >= 0.6 is 11.8 Å². The molecule has 5 nitrogen and oxygen atoms in total. The first-order valence-corrected chi connectivity index (χ1v) is 10.1. The molecule has 1 amide bonds. The third-order valence-electron chi connectivity index (χ3n) is 3.74. The van der Waals surface area contributed by atoms with Gasteiger partial charge in [0.25, 0.3) is 0 Å². The summed E-state index contributed by atoms with van der Waals surface area (Å²) in [5, 5.41) is 2.84. The number of thioether (sulfide) groups is 1. The van der Waals surface area contributed by atoms with Crippen LogP contribution < -0.4 is 10.1 Å². The van der Waals surface area contributed by atoms with E-state index in [-0.39, 0.29) is 35.8 Å². The number of anilines is 1. The summed E-state index contributed by atoms with van der Waals surface area (Å²) in [6.07, 6.45) is 0.529. The molecule has 0 saturated heterocycles. The standard InChI is InChI=1S/C21H24FNO4S/c1-15-4-9-19(16(2)12-15)23-20(24)13-28-14-21(25)27-11-3-10-26-18-7-5-17(22)6-8-18/h4-9,12H,3,10-11,13-14H2,1-2H3,(H,23,24). The van der Waals surface area contributed by atoms with E-state index in [1.165, 1.54) is 23.9 Å². The van der Waals surface area contributed by atoms with Gasteiger partial charge in [-0.25, -0.2) is 4.39 Å². The lowest BCUT2D eigenvalue weighted by Crippen LogP contribution is -2.17. The summed E-state index contributed by atoms with van der Waals surface area (Å²) in [5.41, 5.74) is 2.91. The van der Waals surface area contributed by atoms with Crippen molar-refractivity contribution in [1.29, 1.82) is 0 Å². The summed E-state index contributed by atoms with van der Waals surface area (Å²) in [7, 11) is 0. The van der Waals surface area contributed by atoms with Crippen molar-refractivity contribution in [1.82, 2.24) is 0 Å². The van der Waals surface area contributed by atoms with Crippen LogP contribution in [0.1, 0.15) is 17.5 Å². The molecule has 7 heteroatoms. The average molecular weight is 405 g/mol. The van der Waals surface area contributed by atoms with Gasteiger partial charge in [-0.3, -0.25) is 9.59 Å². The number of halogens is 1. The third kappa shape index (κ3) is 8.00. The molecule has 0 radical (unpaired) electrons. The Morgan fingerprint density at radius 2 is 1.79 bits per heavy atom. The normalized spacial score (nSPS) is 10.4. The molecule has 1 N–H and O–H groups in total. The highest BCUT2D eigenvalue weighted by Crippen LogP contribution is 2.16. The zero-order valence-corrected chi connectivity index (χ0v) is 16.8. The molecular formula is C21H24FNO4S. The first-order chi connectivity index (χ1) is 13.4. The highest BCUT2D eigenvalue weighted by molar-refractivity contribution is 8.00. The lowest BCUT2D eigenvalue weighted by molar-refractivity contribution is -0.140. The van der Waals surface area contributed by atoms with Gasteiger partial charge in [-0.05, 0) is 49.7 Å². The van der Waals surface area contributed by atoms with E-state index in [1.54, 1.807) is 12.1 Å². The lowest BCUT2D eigenvalue weighted by Gasteiger charge is -2.09. The number of carbonyl (C=O) groups excluding carboxylic acids is 2. The van der Waals surface area contributed by atoms with E-state index in [1.807, 2.05) is 32.0 Å². The quantitative estimate of drug-likeness (QED) is 0.476. The largest absolute Gasteiger partial charge is 0.493 e. The topological polar surface area (TPSA) is 64.6 Å². The van der Waals surface area contributed by atoms with Crippen molar-refractivity contribution in [2.24, 2.45) is 0 Å². The fourth-order valence-corrected chi connectivity index (χ4v) is 2.98. The number of hydrogen-bond donors (Lipinski definition) is 1. The van der Waals surface area contributed by atoms with Crippen molar-refractivity contribution >= 4 is 29.3 Å². The van der Waals surface area contributed by atoms with Gasteiger partial charge in [-0.15, -0.1) is 11.8 Å². The van der Waals surface area contributed by atoms with Crippen molar-refractivity contribution in [2.45, 2.75) is 20.3 Å². The summed E-state index contributed by atoms with van der Waals surface area (Å²) in [5.74, 6) is 0.0120. The van der Waals surface area contributed by atoms with Gasteiger partial charge >= 0.3 is 5.97 Å². The van der Waals surface area contributed by atoms with E-state index >= 15 is 0 Å². The number of ether oxygens (including phenoxy) is 2. The van der Waals surface area contributed by atoms with Gasteiger partial charge in [0, 0.05) is 12.1 Å². The molecule has 0 atom stereocenters. The minimum absolute atomic E-state index is 0.110. The molecule has 2 aromatic rings. The minimum atomic E-state index is -0.369. The molecule has 0 heterocycles. The van der Waals surface area contributed by atoms with Gasteiger partial charge in [0.1, 0.15) is 11.6 Å². The van der Waals surface area contributed by atoms with E-state index in [4.69, 9.17) is 9.47 Å². The van der Waals surface area contributed by atoms with Crippen LogP contribution in [-0.2, 0) is 14.3 Å². The Kier molecular flexibility index (Phi) is 8.81. The van der Waals surface area contributed by atoms with Crippen molar-refractivity contribution < 1.29 is 23.5 Å². The second-order valence-electron chi connectivity index (χ2n) is 6.24. The Morgan fingerprint density at radius 3 is 2.50 bits per heavy atom. The van der Waals surface area contributed by atoms with Crippen molar-refractivity contribution in [2.75, 3.05) is 30.0 Å². The van der Waals surface area contributed by atoms with Gasteiger partial charge in [-0.1, -0.05) is 17.7 Å². The van der Waals surface area contributed by atoms with Crippen molar-refractivity contribution in [3.8, 4) is 5.75 Å². The fourth-order valence-electron chi connectivity index (χ4n) is 2.37. The predicted octanol–water partition coefficient (Wildman–Crippen LogP) is 4.13. The monoisotopic (exact) mass is 405 g/mol. The Balaban J connectivity index is 1.54. The third-order valence-corrected chi connectivity index (χ3v) is 4.65. The number of benzene rings is 2. The van der Waals surface area contributed by atoms with E-state index in [0.29, 0.717) is 18.8 Å². The SMILES string of the molecule is Cc1ccc(NC(=O)CSCC(=O)OCCCOc2ccc(F)cc2)c(C)c1. The Hall–Kier alpha value is -2.54. The van der Waals surface area contributed by atoms with Crippen molar-refractivity contribution in [3.63, 3.8) is 0 Å². The predicted molar refractivity (Wildman–Crippen MR) is 109 cm³/mol. The zero-order chi connectivity index (χ0) is 20.4. The number of carbonyl (C=O) groups is 2. The maximum Gasteiger partial charge on any atom is 0.315 e. The molecule has 0 aliphatic rings. The van der Waals surface area contributed by atoms with E-state index in [9.17, 15) is 14.0 Å². The maximum atomic E-state index is 12.8. The number of aryl methyl sites for hydroxylation is 2. The number of hydrogen-bond acceptors (Lipinski definition) is 5. The Morgan fingerprint density at radius 1 is 1.04 bits per heavy atom. The second kappa shape index (κ2) is 11.3. The molecule has 150 valence electrons. The smallest absolute Gasteiger partial charge is 0.315 e. The van der Waals surface area contributed by atoms with Gasteiger partial charge in [0.15, 0.2) is 0 Å². The second-order valence-corrected chi connectivity index (χ2v) is 7.22. The van der Waals surface area contributed by atoms with Gasteiger partial charge in [-0.2, -0.15) is 0 Å². The summed E-state index contributed by atoms with van der Waals surface area (Å²) in [4.78, 5) is 23.6. The summed E-state index contributed by atoms with van der Waals surface area (Å²) < 4.78 is 23.3. The van der Waals surface area contributed by atoms with Gasteiger partial charge in [0.2, 0.25) is 5.91 Å². The lowest BCUT2D eigenvalue weighted by atomic mass is 10.1. The summed E-state index contributed by atoms with van der Waals surface area (Å²) >= 11 is 1.21. The molecule has 0 aliphatic heterocycles. The molecule has 0 aromatic heterocycles. The Bertz CT molecular complexity index is 795. The van der Waals surface area contributed by atoms with Gasteiger partial charge in [0.05, 0.1) is 24.7 Å². The van der Waals surface area contributed by atoms with Crippen LogP contribution in [0.5, 0.6) is 5.75 Å². The van der Waals surface area contributed by atoms with E-state index < -0.39 is 0 Å². The summed E-state index contributed by atoms with van der Waals surface area (Å²) in [6.45, 7) is 4.53. The number of nitrogens with one attached hydrogen (secondary N) is 1. The molecule has 0 saturated carbocycles.